The number of hydrogen-bond acceptors (Lipinski definition) is 3. The van der Waals surface area contributed by atoms with E-state index in [0.717, 1.165) is 16.6 Å². The third kappa shape index (κ3) is 1.62. The first-order chi connectivity index (χ1) is 7.22. The van der Waals surface area contributed by atoms with Crippen molar-refractivity contribution in [3.05, 3.63) is 36.0 Å². The Balaban J connectivity index is 2.73. The zero-order valence-electron chi connectivity index (χ0n) is 8.73. The molecule has 0 amide bonds. The topological polar surface area (TPSA) is 39.9 Å². The number of pyridine rings is 1. The van der Waals surface area contributed by atoms with Crippen LogP contribution in [0, 0.1) is 11.3 Å². The fourth-order valence-corrected chi connectivity index (χ4v) is 1.59. The largest absolute Gasteiger partial charge is 0.377 e. The van der Waals surface area contributed by atoms with Gasteiger partial charge in [0.05, 0.1) is 5.52 Å². The summed E-state index contributed by atoms with van der Waals surface area (Å²) in [7, 11) is 3.99. The molecule has 0 unspecified atom stereocenters. The Morgan fingerprint density at radius 2 is 2.00 bits per heavy atom. The van der Waals surface area contributed by atoms with Gasteiger partial charge in [0.2, 0.25) is 0 Å². The number of fused-ring (bicyclic) bond motifs is 1. The van der Waals surface area contributed by atoms with Crippen LogP contribution in [0.3, 0.4) is 0 Å². The van der Waals surface area contributed by atoms with Crippen molar-refractivity contribution in [3.63, 3.8) is 0 Å². The molecule has 0 radical (unpaired) electrons. The number of anilines is 1. The molecule has 0 saturated carbocycles. The van der Waals surface area contributed by atoms with Gasteiger partial charge in [-0.1, -0.05) is 6.07 Å². The molecule has 1 aromatic carbocycles. The summed E-state index contributed by atoms with van der Waals surface area (Å²) in [6.45, 7) is 0. The Bertz CT molecular complexity index is 538. The SMILES string of the molecule is CN(C)c1cccc2nc(C#N)ccc12. The van der Waals surface area contributed by atoms with Crippen LogP contribution in [0.5, 0.6) is 0 Å². The lowest BCUT2D eigenvalue weighted by Crippen LogP contribution is -2.09. The van der Waals surface area contributed by atoms with Gasteiger partial charge < -0.3 is 4.90 Å². The van der Waals surface area contributed by atoms with E-state index in [2.05, 4.69) is 4.98 Å². The van der Waals surface area contributed by atoms with E-state index in [-0.39, 0.29) is 0 Å². The van der Waals surface area contributed by atoms with Crippen LogP contribution in [0.15, 0.2) is 30.3 Å². The van der Waals surface area contributed by atoms with Crippen molar-refractivity contribution < 1.29 is 0 Å². The van der Waals surface area contributed by atoms with E-state index >= 15 is 0 Å². The third-order valence-electron chi connectivity index (χ3n) is 2.31. The Hall–Kier alpha value is -2.08. The Labute approximate surface area is 88.6 Å². The first kappa shape index (κ1) is 9.47. The summed E-state index contributed by atoms with van der Waals surface area (Å²) in [4.78, 5) is 6.29. The smallest absolute Gasteiger partial charge is 0.141 e. The van der Waals surface area contributed by atoms with Gasteiger partial charge in [-0.2, -0.15) is 5.26 Å². The van der Waals surface area contributed by atoms with E-state index < -0.39 is 0 Å². The predicted octanol–water partition coefficient (Wildman–Crippen LogP) is 2.17. The van der Waals surface area contributed by atoms with Crippen molar-refractivity contribution in [3.8, 4) is 6.07 Å². The van der Waals surface area contributed by atoms with Gasteiger partial charge in [-0.05, 0) is 24.3 Å². The van der Waals surface area contributed by atoms with E-state index in [9.17, 15) is 0 Å². The molecule has 0 bridgehead atoms. The van der Waals surface area contributed by atoms with Crippen molar-refractivity contribution in [1.29, 1.82) is 5.26 Å². The van der Waals surface area contributed by atoms with Gasteiger partial charge in [-0.15, -0.1) is 0 Å². The normalized spacial score (nSPS) is 9.93. The fraction of sp³-hybridized carbons (Fsp3) is 0.167. The van der Waals surface area contributed by atoms with Crippen LogP contribution in [0.1, 0.15) is 5.69 Å². The Kier molecular flexibility index (Phi) is 2.26. The number of aromatic nitrogens is 1. The number of hydrogen-bond donors (Lipinski definition) is 0. The molecule has 15 heavy (non-hydrogen) atoms. The molecule has 0 aliphatic carbocycles. The lowest BCUT2D eigenvalue weighted by Gasteiger charge is -2.14. The molecule has 0 spiro atoms. The maximum atomic E-state index is 8.75. The molecule has 2 aromatic rings. The van der Waals surface area contributed by atoms with E-state index in [4.69, 9.17) is 5.26 Å². The Morgan fingerprint density at radius 1 is 1.20 bits per heavy atom. The molecule has 0 fully saturated rings. The lowest BCUT2D eigenvalue weighted by atomic mass is 10.1. The summed E-state index contributed by atoms with van der Waals surface area (Å²) >= 11 is 0. The van der Waals surface area contributed by atoms with Gasteiger partial charge in [0.1, 0.15) is 11.8 Å². The van der Waals surface area contributed by atoms with Crippen LogP contribution >= 0.6 is 0 Å². The van der Waals surface area contributed by atoms with Gasteiger partial charge in [-0.25, -0.2) is 4.98 Å². The summed E-state index contributed by atoms with van der Waals surface area (Å²) < 4.78 is 0. The summed E-state index contributed by atoms with van der Waals surface area (Å²) in [6, 6.07) is 11.6. The van der Waals surface area contributed by atoms with Gasteiger partial charge >= 0.3 is 0 Å². The van der Waals surface area contributed by atoms with Crippen molar-refractivity contribution >= 4 is 16.6 Å². The fourth-order valence-electron chi connectivity index (χ4n) is 1.59. The van der Waals surface area contributed by atoms with Crippen LogP contribution in [0.25, 0.3) is 10.9 Å². The van der Waals surface area contributed by atoms with Gasteiger partial charge in [-0.3, -0.25) is 0 Å². The molecule has 3 nitrogen and oxygen atoms in total. The molecule has 0 N–H and O–H groups in total. The van der Waals surface area contributed by atoms with Gasteiger partial charge in [0, 0.05) is 25.2 Å². The number of nitrogens with zero attached hydrogens (tertiary/aromatic N) is 3. The van der Waals surface area contributed by atoms with Crippen molar-refractivity contribution in [1.82, 2.24) is 4.98 Å². The van der Waals surface area contributed by atoms with Gasteiger partial charge in [0.25, 0.3) is 0 Å². The van der Waals surface area contributed by atoms with E-state index in [1.54, 1.807) is 6.07 Å². The second-order valence-corrected chi connectivity index (χ2v) is 3.55. The molecule has 0 atom stereocenters. The third-order valence-corrected chi connectivity index (χ3v) is 2.31. The quantitative estimate of drug-likeness (QED) is 0.703. The summed E-state index contributed by atoms with van der Waals surface area (Å²) in [6.07, 6.45) is 0. The minimum atomic E-state index is 0.457. The average Bonchev–Trinajstić information content (AvgIpc) is 2.27. The first-order valence-corrected chi connectivity index (χ1v) is 4.69. The van der Waals surface area contributed by atoms with Crippen molar-refractivity contribution in [2.24, 2.45) is 0 Å². The summed E-state index contributed by atoms with van der Waals surface area (Å²) in [5.74, 6) is 0. The predicted molar refractivity (Wildman–Crippen MR) is 60.8 cm³/mol. The number of nitriles is 1. The first-order valence-electron chi connectivity index (χ1n) is 4.69. The minimum absolute atomic E-state index is 0.457. The van der Waals surface area contributed by atoms with E-state index in [1.165, 1.54) is 0 Å². The highest BCUT2D eigenvalue weighted by atomic mass is 15.1. The van der Waals surface area contributed by atoms with Gasteiger partial charge in [0.15, 0.2) is 0 Å². The maximum absolute atomic E-state index is 8.75. The molecule has 74 valence electrons. The minimum Gasteiger partial charge on any atom is -0.377 e. The molecule has 3 heteroatoms. The maximum Gasteiger partial charge on any atom is 0.141 e. The van der Waals surface area contributed by atoms with Crippen LogP contribution in [0.2, 0.25) is 0 Å². The molecule has 1 aromatic heterocycles. The molecule has 2 rings (SSSR count). The molecular formula is C12H11N3. The molecule has 0 aliphatic rings. The summed E-state index contributed by atoms with van der Waals surface area (Å²) in [5, 5.41) is 9.82. The average molecular weight is 197 g/mol. The second-order valence-electron chi connectivity index (χ2n) is 3.55. The van der Waals surface area contributed by atoms with E-state index in [0.29, 0.717) is 5.69 Å². The number of rotatable bonds is 1. The van der Waals surface area contributed by atoms with Crippen molar-refractivity contribution in [2.45, 2.75) is 0 Å². The highest BCUT2D eigenvalue weighted by Gasteiger charge is 2.03. The Morgan fingerprint density at radius 3 is 2.67 bits per heavy atom. The highest BCUT2D eigenvalue weighted by molar-refractivity contribution is 5.91. The summed E-state index contributed by atoms with van der Waals surface area (Å²) in [5.41, 5.74) is 2.43. The number of benzene rings is 1. The van der Waals surface area contributed by atoms with E-state index in [1.807, 2.05) is 49.3 Å². The second kappa shape index (κ2) is 3.58. The standard InChI is InChI=1S/C12H11N3/c1-15(2)12-5-3-4-11-10(12)7-6-9(8-13)14-11/h3-7H,1-2H3. The van der Waals surface area contributed by atoms with Crippen LogP contribution in [0.4, 0.5) is 5.69 Å². The lowest BCUT2D eigenvalue weighted by molar-refractivity contribution is 1.14. The van der Waals surface area contributed by atoms with Crippen LogP contribution in [-0.4, -0.2) is 19.1 Å². The molecule has 1 heterocycles. The molecular weight excluding hydrogens is 186 g/mol. The van der Waals surface area contributed by atoms with Crippen LogP contribution in [-0.2, 0) is 0 Å². The zero-order valence-corrected chi connectivity index (χ0v) is 8.73. The van der Waals surface area contributed by atoms with Crippen molar-refractivity contribution in [2.75, 3.05) is 19.0 Å². The monoisotopic (exact) mass is 197 g/mol. The zero-order chi connectivity index (χ0) is 10.8. The highest BCUT2D eigenvalue weighted by Crippen LogP contribution is 2.23. The molecule has 0 aliphatic heterocycles. The van der Waals surface area contributed by atoms with Crippen LogP contribution < -0.4 is 4.90 Å². The molecule has 0 saturated heterocycles.